The number of nitrogens with zero attached hydrogens (tertiary/aromatic N) is 3. The van der Waals surface area contributed by atoms with E-state index in [1.54, 1.807) is 18.2 Å². The van der Waals surface area contributed by atoms with Crippen LogP contribution in [0.3, 0.4) is 0 Å². The van der Waals surface area contributed by atoms with Gasteiger partial charge < -0.3 is 15.5 Å². The van der Waals surface area contributed by atoms with Gasteiger partial charge in [0, 0.05) is 19.7 Å². The van der Waals surface area contributed by atoms with Crippen molar-refractivity contribution < 1.29 is 22.4 Å². The van der Waals surface area contributed by atoms with Crippen LogP contribution in [0, 0.1) is 5.82 Å². The van der Waals surface area contributed by atoms with Gasteiger partial charge in [-0.05, 0) is 29.8 Å². The number of hydrogen-bond donors (Lipinski definition) is 1. The molecule has 3 rings (SSSR count). The Bertz CT molecular complexity index is 1120. The third kappa shape index (κ3) is 3.97. The second-order valence-electron chi connectivity index (χ2n) is 6.61. The molecule has 2 aromatic carbocycles. The topological polar surface area (TPSA) is 113 Å². The van der Waals surface area contributed by atoms with Crippen molar-refractivity contribution in [3.63, 3.8) is 0 Å². The number of amidine groups is 1. The summed E-state index contributed by atoms with van der Waals surface area (Å²) in [6, 6.07) is 10.4. The normalized spacial score (nSPS) is 15.2. The molecule has 1 unspecified atom stereocenters. The second-order valence-corrected chi connectivity index (χ2v) is 8.18. The van der Waals surface area contributed by atoms with Crippen LogP contribution < -0.4 is 5.73 Å². The van der Waals surface area contributed by atoms with E-state index in [0.717, 1.165) is 11.0 Å². The van der Waals surface area contributed by atoms with E-state index in [-0.39, 0.29) is 22.8 Å². The van der Waals surface area contributed by atoms with E-state index in [9.17, 15) is 22.4 Å². The van der Waals surface area contributed by atoms with E-state index < -0.39 is 33.7 Å². The number of fused-ring (bicyclic) bond motifs is 1. The molecule has 1 aliphatic rings. The molecule has 8 nitrogen and oxygen atoms in total. The summed E-state index contributed by atoms with van der Waals surface area (Å²) in [5.41, 5.74) is 6.07. The van der Waals surface area contributed by atoms with Crippen LogP contribution in [0.2, 0.25) is 0 Å². The molecule has 29 heavy (non-hydrogen) atoms. The molecule has 2 aromatic rings. The van der Waals surface area contributed by atoms with Gasteiger partial charge in [0.15, 0.2) is 5.84 Å². The zero-order chi connectivity index (χ0) is 21.3. The first-order valence-electron chi connectivity index (χ1n) is 8.58. The second kappa shape index (κ2) is 7.63. The van der Waals surface area contributed by atoms with Gasteiger partial charge in [-0.3, -0.25) is 9.59 Å². The number of likely N-dealkylation sites (N-methyl/N-ethyl adjacent to an activating group) is 2. The monoisotopic (exact) mass is 418 g/mol. The van der Waals surface area contributed by atoms with Crippen LogP contribution in [0.1, 0.15) is 17.2 Å². The maximum Gasteiger partial charge on any atom is 0.285 e. The average molecular weight is 418 g/mol. The molecule has 0 saturated carbocycles. The summed E-state index contributed by atoms with van der Waals surface area (Å²) < 4.78 is 41.7. The molecule has 2 amide bonds. The maximum atomic E-state index is 13.5. The van der Waals surface area contributed by atoms with Gasteiger partial charge in [0.05, 0.1) is 6.54 Å². The first-order valence-corrected chi connectivity index (χ1v) is 10.0. The highest BCUT2D eigenvalue weighted by Gasteiger charge is 2.33. The zero-order valence-electron chi connectivity index (χ0n) is 15.7. The Morgan fingerprint density at radius 1 is 1.14 bits per heavy atom. The quantitative estimate of drug-likeness (QED) is 0.775. The maximum absolute atomic E-state index is 13.5. The zero-order valence-corrected chi connectivity index (χ0v) is 16.6. The molecule has 10 heteroatoms. The Balaban J connectivity index is 1.83. The van der Waals surface area contributed by atoms with Crippen LogP contribution in [0.5, 0.6) is 0 Å². The predicted octanol–water partition coefficient (Wildman–Crippen LogP) is 0.891. The number of rotatable bonds is 5. The molecule has 2 N–H and O–H groups in total. The van der Waals surface area contributed by atoms with Gasteiger partial charge >= 0.3 is 0 Å². The Kier molecular flexibility index (Phi) is 5.38. The molecular formula is C19H19FN4O4S. The molecular weight excluding hydrogens is 399 g/mol. The van der Waals surface area contributed by atoms with E-state index in [4.69, 9.17) is 5.73 Å². The van der Waals surface area contributed by atoms with Crippen molar-refractivity contribution in [1.82, 2.24) is 9.80 Å². The lowest BCUT2D eigenvalue weighted by molar-refractivity contribution is -0.138. The van der Waals surface area contributed by atoms with E-state index >= 15 is 0 Å². The first kappa shape index (κ1) is 20.5. The van der Waals surface area contributed by atoms with Crippen molar-refractivity contribution in [1.29, 1.82) is 0 Å². The van der Waals surface area contributed by atoms with Crippen molar-refractivity contribution in [2.75, 3.05) is 20.6 Å². The summed E-state index contributed by atoms with van der Waals surface area (Å²) in [7, 11) is -0.938. The molecule has 0 fully saturated rings. The first-order chi connectivity index (χ1) is 13.6. The predicted molar refractivity (Wildman–Crippen MR) is 104 cm³/mol. The molecule has 0 bridgehead atoms. The van der Waals surface area contributed by atoms with Crippen LogP contribution in [0.25, 0.3) is 0 Å². The van der Waals surface area contributed by atoms with E-state index in [2.05, 4.69) is 4.40 Å². The highest BCUT2D eigenvalue weighted by atomic mass is 32.2. The van der Waals surface area contributed by atoms with Crippen molar-refractivity contribution >= 4 is 27.7 Å². The Morgan fingerprint density at radius 2 is 1.83 bits per heavy atom. The summed E-state index contributed by atoms with van der Waals surface area (Å²) in [5.74, 6) is -1.78. The number of hydrogen-bond acceptors (Lipinski definition) is 5. The summed E-state index contributed by atoms with van der Waals surface area (Å²) in [4.78, 5) is 27.3. The summed E-state index contributed by atoms with van der Waals surface area (Å²) in [6.45, 7) is -0.266. The molecule has 152 valence electrons. The lowest BCUT2D eigenvalue weighted by Crippen LogP contribution is -2.44. The van der Waals surface area contributed by atoms with Gasteiger partial charge in [-0.15, -0.1) is 4.40 Å². The molecule has 0 saturated heterocycles. The minimum Gasteiger partial charge on any atom is -0.368 e. The fraction of sp³-hybridized carbons (Fsp3) is 0.211. The van der Waals surface area contributed by atoms with Crippen molar-refractivity contribution in [2.45, 2.75) is 10.9 Å². The third-order valence-corrected chi connectivity index (χ3v) is 5.89. The lowest BCUT2D eigenvalue weighted by atomic mass is 10.0. The van der Waals surface area contributed by atoms with Crippen LogP contribution >= 0.6 is 0 Å². The minimum atomic E-state index is -3.83. The van der Waals surface area contributed by atoms with Gasteiger partial charge in [-0.25, -0.2) is 4.39 Å². The smallest absolute Gasteiger partial charge is 0.285 e. The van der Waals surface area contributed by atoms with E-state index in [0.29, 0.717) is 5.56 Å². The van der Waals surface area contributed by atoms with Gasteiger partial charge in [0.2, 0.25) is 11.8 Å². The fourth-order valence-electron chi connectivity index (χ4n) is 3.15. The largest absolute Gasteiger partial charge is 0.368 e. The average Bonchev–Trinajstić information content (AvgIpc) is 2.93. The molecule has 1 aliphatic heterocycles. The van der Waals surface area contributed by atoms with Crippen LogP contribution in [-0.2, 0) is 19.6 Å². The molecule has 1 atom stereocenters. The number of halogens is 1. The van der Waals surface area contributed by atoms with Gasteiger partial charge in [0.1, 0.15) is 16.8 Å². The molecule has 0 spiro atoms. The number of sulfonamides is 1. The van der Waals surface area contributed by atoms with E-state index in [1.165, 1.54) is 43.3 Å². The minimum absolute atomic E-state index is 0.0671. The summed E-state index contributed by atoms with van der Waals surface area (Å²) >= 11 is 0. The third-order valence-electron chi connectivity index (χ3n) is 4.56. The number of nitrogens with two attached hydrogens (primary N) is 1. The molecule has 1 heterocycles. The molecule has 0 radical (unpaired) electrons. The van der Waals surface area contributed by atoms with Gasteiger partial charge in [-0.1, -0.05) is 24.3 Å². The number of primary amides is 1. The number of carbonyl (C=O) groups excluding carboxylic acids is 2. The number of benzene rings is 2. The Hall–Kier alpha value is -3.27. The standard InChI is InChI=1S/C19H19FN4O4S/c1-23(19-14-8-3-4-9-15(14)29(27,28)22-19)11-16(25)24(2)17(18(21)26)12-6-5-7-13(20)10-12/h3-10,17H,11H2,1-2H3,(H2,21,26). The molecule has 0 aliphatic carbocycles. The highest BCUT2D eigenvalue weighted by molar-refractivity contribution is 7.90. The van der Waals surface area contributed by atoms with Crippen molar-refractivity contribution in [3.05, 3.63) is 65.5 Å². The molecule has 0 aromatic heterocycles. The Labute approximate surface area is 167 Å². The van der Waals surface area contributed by atoms with Gasteiger partial charge in [0.25, 0.3) is 10.0 Å². The van der Waals surface area contributed by atoms with Crippen molar-refractivity contribution in [2.24, 2.45) is 10.1 Å². The number of carbonyl (C=O) groups is 2. The van der Waals surface area contributed by atoms with Gasteiger partial charge in [-0.2, -0.15) is 8.42 Å². The summed E-state index contributed by atoms with van der Waals surface area (Å²) in [6.07, 6.45) is 0. The number of amides is 2. The summed E-state index contributed by atoms with van der Waals surface area (Å²) in [5, 5.41) is 0. The lowest BCUT2D eigenvalue weighted by Gasteiger charge is -2.28. The van der Waals surface area contributed by atoms with Crippen LogP contribution in [0.15, 0.2) is 57.8 Å². The van der Waals surface area contributed by atoms with Crippen LogP contribution in [0.4, 0.5) is 4.39 Å². The Morgan fingerprint density at radius 3 is 2.48 bits per heavy atom. The SMILES string of the molecule is CN(CC(=O)N(C)C(C(N)=O)c1cccc(F)c1)C1=NS(=O)(=O)c2ccccc21. The van der Waals surface area contributed by atoms with Crippen molar-refractivity contribution in [3.8, 4) is 0 Å². The fourth-order valence-corrected chi connectivity index (χ4v) is 4.40. The highest BCUT2D eigenvalue weighted by Crippen LogP contribution is 2.27. The van der Waals surface area contributed by atoms with E-state index in [1.807, 2.05) is 0 Å². The van der Waals surface area contributed by atoms with Crippen LogP contribution in [-0.4, -0.2) is 56.5 Å².